The summed E-state index contributed by atoms with van der Waals surface area (Å²) in [6.07, 6.45) is 3.24. The fraction of sp³-hybridized carbons (Fsp3) is 0.350. The van der Waals surface area contributed by atoms with E-state index in [1.807, 2.05) is 0 Å². The van der Waals surface area contributed by atoms with Gasteiger partial charge >= 0.3 is 0 Å². The summed E-state index contributed by atoms with van der Waals surface area (Å²) in [6.45, 7) is 1.40. The van der Waals surface area contributed by atoms with E-state index in [0.29, 0.717) is 25.3 Å². The zero-order chi connectivity index (χ0) is 19.0. The highest BCUT2D eigenvalue weighted by Gasteiger charge is 2.39. The highest BCUT2D eigenvalue weighted by Crippen LogP contribution is 2.30. The zero-order valence-corrected chi connectivity index (χ0v) is 14.6. The van der Waals surface area contributed by atoms with E-state index in [2.05, 4.69) is 4.98 Å². The first-order valence-corrected chi connectivity index (χ1v) is 8.99. The Morgan fingerprint density at radius 2 is 1.85 bits per heavy atom. The Bertz CT molecular complexity index is 875. The third kappa shape index (κ3) is 3.41. The third-order valence-electron chi connectivity index (χ3n) is 5.31. The summed E-state index contributed by atoms with van der Waals surface area (Å²) in [5, 5.41) is 0. The normalized spacial score (nSPS) is 21.9. The molecule has 0 unspecified atom stereocenters. The molecule has 2 atom stereocenters. The zero-order valence-electron chi connectivity index (χ0n) is 14.6. The van der Waals surface area contributed by atoms with Crippen molar-refractivity contribution in [3.63, 3.8) is 0 Å². The smallest absolute Gasteiger partial charge is 0.272 e. The van der Waals surface area contributed by atoms with Crippen molar-refractivity contribution in [2.24, 2.45) is 5.92 Å². The van der Waals surface area contributed by atoms with Crippen molar-refractivity contribution in [2.45, 2.75) is 18.9 Å². The fourth-order valence-electron chi connectivity index (χ4n) is 3.97. The number of rotatable bonds is 2. The van der Waals surface area contributed by atoms with Crippen molar-refractivity contribution in [1.29, 1.82) is 0 Å². The molecule has 1 aromatic heterocycles. The molecule has 2 amide bonds. The van der Waals surface area contributed by atoms with Crippen molar-refractivity contribution in [2.75, 3.05) is 19.6 Å². The van der Waals surface area contributed by atoms with E-state index >= 15 is 0 Å². The van der Waals surface area contributed by atoms with Crippen LogP contribution in [0.5, 0.6) is 0 Å². The summed E-state index contributed by atoms with van der Waals surface area (Å²) < 4.78 is 27.2. The number of piperidine rings is 1. The van der Waals surface area contributed by atoms with Gasteiger partial charge < -0.3 is 9.80 Å². The molecule has 0 saturated carbocycles. The van der Waals surface area contributed by atoms with Gasteiger partial charge in [0.25, 0.3) is 11.8 Å². The van der Waals surface area contributed by atoms with E-state index in [-0.39, 0.29) is 23.4 Å². The van der Waals surface area contributed by atoms with Crippen LogP contribution in [-0.4, -0.2) is 52.3 Å². The Kier molecular flexibility index (Phi) is 4.59. The quantitative estimate of drug-likeness (QED) is 0.816. The second kappa shape index (κ2) is 7.06. The van der Waals surface area contributed by atoms with Crippen molar-refractivity contribution in [3.05, 3.63) is 65.5 Å². The van der Waals surface area contributed by atoms with Gasteiger partial charge in [-0.15, -0.1) is 0 Å². The molecule has 0 spiro atoms. The van der Waals surface area contributed by atoms with Gasteiger partial charge in [0.05, 0.1) is 5.56 Å². The van der Waals surface area contributed by atoms with E-state index in [9.17, 15) is 18.4 Å². The lowest BCUT2D eigenvalue weighted by Crippen LogP contribution is -2.48. The fourth-order valence-corrected chi connectivity index (χ4v) is 3.97. The molecule has 0 radical (unpaired) electrons. The highest BCUT2D eigenvalue weighted by atomic mass is 19.1. The number of aromatic nitrogens is 1. The molecule has 27 heavy (non-hydrogen) atoms. The predicted molar refractivity (Wildman–Crippen MR) is 94.0 cm³/mol. The topological polar surface area (TPSA) is 53.5 Å². The monoisotopic (exact) mass is 371 g/mol. The summed E-state index contributed by atoms with van der Waals surface area (Å²) in [5.74, 6) is -2.05. The van der Waals surface area contributed by atoms with Crippen LogP contribution in [0.25, 0.3) is 0 Å². The van der Waals surface area contributed by atoms with Gasteiger partial charge in [0, 0.05) is 37.9 Å². The first kappa shape index (κ1) is 17.6. The number of carbonyl (C=O) groups is 2. The van der Waals surface area contributed by atoms with Gasteiger partial charge in [0.2, 0.25) is 0 Å². The van der Waals surface area contributed by atoms with Crippen LogP contribution in [0.3, 0.4) is 0 Å². The van der Waals surface area contributed by atoms with Crippen LogP contribution < -0.4 is 0 Å². The number of halogens is 2. The third-order valence-corrected chi connectivity index (χ3v) is 5.31. The molecule has 3 saturated heterocycles. The maximum Gasteiger partial charge on any atom is 0.272 e. The predicted octanol–water partition coefficient (Wildman–Crippen LogP) is 2.74. The van der Waals surface area contributed by atoms with Crippen LogP contribution in [-0.2, 0) is 0 Å². The van der Waals surface area contributed by atoms with E-state index in [1.54, 1.807) is 34.2 Å². The maximum atomic E-state index is 14.1. The van der Waals surface area contributed by atoms with E-state index in [1.165, 1.54) is 6.07 Å². The Balaban J connectivity index is 1.56. The number of carbonyl (C=O) groups excluding carboxylic acids is 2. The van der Waals surface area contributed by atoms with Gasteiger partial charge in [0.15, 0.2) is 0 Å². The second-order valence-electron chi connectivity index (χ2n) is 7.10. The van der Waals surface area contributed by atoms with Crippen LogP contribution in [0.4, 0.5) is 8.78 Å². The molecule has 140 valence electrons. The van der Waals surface area contributed by atoms with Crippen molar-refractivity contribution in [3.8, 4) is 0 Å². The number of hydrogen-bond acceptors (Lipinski definition) is 3. The van der Waals surface area contributed by atoms with Crippen LogP contribution in [0.15, 0.2) is 42.6 Å². The first-order valence-electron chi connectivity index (χ1n) is 8.99. The van der Waals surface area contributed by atoms with Crippen LogP contribution >= 0.6 is 0 Å². The van der Waals surface area contributed by atoms with E-state index < -0.39 is 17.5 Å². The average molecular weight is 371 g/mol. The number of pyridine rings is 1. The van der Waals surface area contributed by atoms with Gasteiger partial charge in [0.1, 0.15) is 17.3 Å². The van der Waals surface area contributed by atoms with Crippen molar-refractivity contribution in [1.82, 2.24) is 14.8 Å². The van der Waals surface area contributed by atoms with Gasteiger partial charge in [-0.25, -0.2) is 8.78 Å². The van der Waals surface area contributed by atoms with Crippen LogP contribution in [0.2, 0.25) is 0 Å². The van der Waals surface area contributed by atoms with Crippen LogP contribution in [0.1, 0.15) is 33.7 Å². The molecule has 5 nitrogen and oxygen atoms in total. The lowest BCUT2D eigenvalue weighted by atomic mass is 9.94. The first-order chi connectivity index (χ1) is 13.0. The Morgan fingerprint density at radius 3 is 2.59 bits per heavy atom. The molecule has 2 bridgehead atoms. The average Bonchev–Trinajstić information content (AvgIpc) is 2.99. The largest absolute Gasteiger partial charge is 0.335 e. The molecule has 5 rings (SSSR count). The van der Waals surface area contributed by atoms with Gasteiger partial charge in [-0.1, -0.05) is 6.07 Å². The summed E-state index contributed by atoms with van der Waals surface area (Å²) >= 11 is 0. The summed E-state index contributed by atoms with van der Waals surface area (Å²) in [5.41, 5.74) is 0.243. The number of amides is 2. The summed E-state index contributed by atoms with van der Waals surface area (Å²) in [4.78, 5) is 33.1. The minimum atomic E-state index is -0.860. The van der Waals surface area contributed by atoms with Gasteiger partial charge in [-0.3, -0.25) is 14.6 Å². The van der Waals surface area contributed by atoms with Crippen molar-refractivity contribution < 1.29 is 18.4 Å². The molecule has 3 aliphatic heterocycles. The minimum Gasteiger partial charge on any atom is -0.335 e. The summed E-state index contributed by atoms with van der Waals surface area (Å²) in [6, 6.07) is 7.99. The molecule has 4 heterocycles. The van der Waals surface area contributed by atoms with E-state index in [4.69, 9.17) is 0 Å². The molecule has 2 aromatic rings. The standard InChI is InChI=1S/C20H19F2N3O2/c21-14-5-7-16(17(22)9-14)19(26)25-11-13-4-6-15(25)12-24(10-13)20(27)18-3-1-2-8-23-18/h1-3,5,7-9,13,15H,4,6,10-12H2/t13-,15+/m0/s1. The van der Waals surface area contributed by atoms with E-state index in [0.717, 1.165) is 25.0 Å². The Morgan fingerprint density at radius 1 is 1.00 bits per heavy atom. The molecule has 1 aromatic carbocycles. The molecule has 0 aliphatic carbocycles. The Hall–Kier alpha value is -2.83. The maximum absolute atomic E-state index is 14.1. The highest BCUT2D eigenvalue weighted by molar-refractivity contribution is 5.95. The number of benzene rings is 1. The summed E-state index contributed by atoms with van der Waals surface area (Å²) in [7, 11) is 0. The van der Waals surface area contributed by atoms with Gasteiger partial charge in [-0.2, -0.15) is 0 Å². The molecule has 0 N–H and O–H groups in total. The Labute approximate surface area is 155 Å². The molecule has 3 aliphatic rings. The number of fused-ring (bicyclic) bond motifs is 4. The van der Waals surface area contributed by atoms with Crippen molar-refractivity contribution >= 4 is 11.8 Å². The van der Waals surface area contributed by atoms with Crippen LogP contribution in [0, 0.1) is 17.6 Å². The molecule has 3 fully saturated rings. The molecule has 7 heteroatoms. The lowest BCUT2D eigenvalue weighted by Gasteiger charge is -2.36. The molecular formula is C20H19F2N3O2. The van der Waals surface area contributed by atoms with Gasteiger partial charge in [-0.05, 0) is 43.0 Å². The molecular weight excluding hydrogens is 352 g/mol. The number of hydrogen-bond donors (Lipinski definition) is 0. The number of nitrogens with zero attached hydrogens (tertiary/aromatic N) is 3. The SMILES string of the molecule is O=C(c1ccccn1)N1C[C@@H]2CC[C@H](C1)N(C(=O)c1ccc(F)cc1F)C2. The lowest BCUT2D eigenvalue weighted by molar-refractivity contribution is 0.0569. The minimum absolute atomic E-state index is 0.129. The second-order valence-corrected chi connectivity index (χ2v) is 7.10.